The lowest BCUT2D eigenvalue weighted by Crippen LogP contribution is -2.42. The molecule has 0 radical (unpaired) electrons. The van der Waals surface area contributed by atoms with E-state index in [4.69, 9.17) is 0 Å². The molecule has 0 aliphatic heterocycles. The van der Waals surface area contributed by atoms with E-state index >= 15 is 0 Å². The van der Waals surface area contributed by atoms with Crippen molar-refractivity contribution in [2.24, 2.45) is 0 Å². The Morgan fingerprint density at radius 1 is 1.18 bits per heavy atom. The molecule has 0 aliphatic carbocycles. The summed E-state index contributed by atoms with van der Waals surface area (Å²) in [6.07, 6.45) is -5.13. The van der Waals surface area contributed by atoms with E-state index in [2.05, 4.69) is 5.32 Å². The van der Waals surface area contributed by atoms with Gasteiger partial charge in [0.1, 0.15) is 6.04 Å². The molecule has 1 atom stereocenters. The summed E-state index contributed by atoms with van der Waals surface area (Å²) >= 11 is 0. The highest BCUT2D eigenvalue weighted by Crippen LogP contribution is 2.29. The third-order valence-corrected chi connectivity index (χ3v) is 3.70. The lowest BCUT2D eigenvalue weighted by Gasteiger charge is -2.15. The Hall–Kier alpha value is -3.50. The van der Waals surface area contributed by atoms with Gasteiger partial charge in [-0.3, -0.25) is 14.9 Å². The maximum Gasteiger partial charge on any atom is 0.416 e. The minimum atomic E-state index is -4.68. The van der Waals surface area contributed by atoms with Crippen molar-refractivity contribution >= 4 is 17.6 Å². The van der Waals surface area contributed by atoms with Crippen LogP contribution in [0.3, 0.4) is 0 Å². The Bertz CT molecular complexity index is 930. The molecule has 0 saturated heterocycles. The standard InChI is InChI=1S/C17H12F4N2O5/c18-12-5-4-9(7-14(12)23(27)28)6-13(16(25)26)22-15(24)10-2-1-3-11(8-10)17(19,20)21/h1-5,7-8,13H,6H2,(H,22,24)(H,25,26)/t13-/m1/s1. The summed E-state index contributed by atoms with van der Waals surface area (Å²) in [7, 11) is 0. The maximum atomic E-state index is 13.4. The molecule has 28 heavy (non-hydrogen) atoms. The molecule has 2 aromatic rings. The molecule has 0 aromatic heterocycles. The Morgan fingerprint density at radius 3 is 2.43 bits per heavy atom. The number of hydrogen-bond donors (Lipinski definition) is 2. The molecule has 0 unspecified atom stereocenters. The van der Waals surface area contributed by atoms with Gasteiger partial charge in [0.2, 0.25) is 5.82 Å². The van der Waals surface area contributed by atoms with E-state index in [9.17, 15) is 42.4 Å². The molecular formula is C17H12F4N2O5. The van der Waals surface area contributed by atoms with Gasteiger partial charge in [0.25, 0.3) is 5.91 Å². The molecule has 0 saturated carbocycles. The highest BCUT2D eigenvalue weighted by molar-refractivity contribution is 5.96. The first-order valence-electron chi connectivity index (χ1n) is 7.63. The molecule has 0 bridgehead atoms. The Kier molecular flexibility index (Phi) is 5.96. The van der Waals surface area contributed by atoms with Gasteiger partial charge in [0.05, 0.1) is 10.5 Å². The number of amides is 1. The summed E-state index contributed by atoms with van der Waals surface area (Å²) in [5.41, 5.74) is -2.32. The molecule has 1 amide bonds. The zero-order valence-electron chi connectivity index (χ0n) is 13.9. The molecule has 148 valence electrons. The number of halogens is 4. The van der Waals surface area contributed by atoms with Crippen molar-refractivity contribution in [2.75, 3.05) is 0 Å². The first kappa shape index (κ1) is 20.8. The number of nitro groups is 1. The average molecular weight is 400 g/mol. The normalized spacial score (nSPS) is 12.3. The fraction of sp³-hybridized carbons (Fsp3) is 0.176. The number of nitro benzene ring substituents is 1. The number of nitrogens with one attached hydrogen (secondary N) is 1. The topological polar surface area (TPSA) is 110 Å². The Morgan fingerprint density at radius 2 is 1.86 bits per heavy atom. The predicted molar refractivity (Wildman–Crippen MR) is 87.1 cm³/mol. The van der Waals surface area contributed by atoms with E-state index in [-0.39, 0.29) is 5.56 Å². The number of rotatable bonds is 6. The summed E-state index contributed by atoms with van der Waals surface area (Å²) in [5, 5.41) is 22.1. The quantitative estimate of drug-likeness (QED) is 0.440. The maximum absolute atomic E-state index is 13.4. The summed E-state index contributed by atoms with van der Waals surface area (Å²) in [6.45, 7) is 0. The zero-order chi connectivity index (χ0) is 21.1. The number of alkyl halides is 3. The smallest absolute Gasteiger partial charge is 0.416 e. The fourth-order valence-corrected chi connectivity index (χ4v) is 2.34. The van der Waals surface area contributed by atoms with Crippen LogP contribution in [0.1, 0.15) is 21.5 Å². The van der Waals surface area contributed by atoms with Crippen molar-refractivity contribution in [1.29, 1.82) is 0 Å². The molecule has 0 fully saturated rings. The van der Waals surface area contributed by atoms with Crippen LogP contribution in [0.4, 0.5) is 23.2 Å². The van der Waals surface area contributed by atoms with Crippen LogP contribution in [0.15, 0.2) is 42.5 Å². The minimum Gasteiger partial charge on any atom is -0.480 e. The van der Waals surface area contributed by atoms with E-state index in [0.717, 1.165) is 36.4 Å². The SMILES string of the molecule is O=C(N[C@H](Cc1ccc(F)c([N+](=O)[O-])c1)C(=O)O)c1cccc(C(F)(F)F)c1. The minimum absolute atomic E-state index is 0.0462. The lowest BCUT2D eigenvalue weighted by atomic mass is 10.0. The van der Waals surface area contributed by atoms with Gasteiger partial charge in [-0.15, -0.1) is 0 Å². The fourth-order valence-electron chi connectivity index (χ4n) is 2.34. The van der Waals surface area contributed by atoms with Crippen LogP contribution in [0.5, 0.6) is 0 Å². The summed E-state index contributed by atoms with van der Waals surface area (Å²) < 4.78 is 51.6. The molecular weight excluding hydrogens is 388 g/mol. The molecule has 0 spiro atoms. The number of benzene rings is 2. The molecule has 2 aromatic carbocycles. The first-order valence-corrected chi connectivity index (χ1v) is 7.63. The average Bonchev–Trinajstić information content (AvgIpc) is 2.61. The van der Waals surface area contributed by atoms with Crippen molar-refractivity contribution in [3.05, 3.63) is 75.1 Å². The van der Waals surface area contributed by atoms with Crippen LogP contribution in [0.2, 0.25) is 0 Å². The molecule has 11 heteroatoms. The molecule has 7 nitrogen and oxygen atoms in total. The largest absolute Gasteiger partial charge is 0.480 e. The van der Waals surface area contributed by atoms with E-state index in [0.29, 0.717) is 6.07 Å². The molecule has 2 N–H and O–H groups in total. The van der Waals surface area contributed by atoms with Crippen molar-refractivity contribution in [1.82, 2.24) is 5.32 Å². The Balaban J connectivity index is 2.22. The van der Waals surface area contributed by atoms with Gasteiger partial charge in [-0.05, 0) is 29.8 Å². The highest BCUT2D eigenvalue weighted by atomic mass is 19.4. The third-order valence-electron chi connectivity index (χ3n) is 3.70. The van der Waals surface area contributed by atoms with Crippen LogP contribution in [-0.2, 0) is 17.4 Å². The van der Waals surface area contributed by atoms with Gasteiger partial charge >= 0.3 is 17.8 Å². The zero-order valence-corrected chi connectivity index (χ0v) is 13.9. The van der Waals surface area contributed by atoms with Crippen molar-refractivity contribution in [3.8, 4) is 0 Å². The van der Waals surface area contributed by atoms with E-state index in [1.807, 2.05) is 0 Å². The number of hydrogen-bond acceptors (Lipinski definition) is 4. The predicted octanol–water partition coefficient (Wildman–Crippen LogP) is 3.18. The van der Waals surface area contributed by atoms with Crippen molar-refractivity contribution in [2.45, 2.75) is 18.6 Å². The van der Waals surface area contributed by atoms with Gasteiger partial charge in [0.15, 0.2) is 0 Å². The monoisotopic (exact) mass is 400 g/mol. The first-order chi connectivity index (χ1) is 13.0. The van der Waals surface area contributed by atoms with Crippen molar-refractivity contribution in [3.63, 3.8) is 0 Å². The summed E-state index contributed by atoms with van der Waals surface area (Å²) in [5.74, 6) is -3.71. The summed E-state index contributed by atoms with van der Waals surface area (Å²) in [6, 6.07) is 4.49. The van der Waals surface area contributed by atoms with Crippen LogP contribution in [0, 0.1) is 15.9 Å². The van der Waals surface area contributed by atoms with Gasteiger partial charge in [-0.25, -0.2) is 4.79 Å². The second-order valence-corrected chi connectivity index (χ2v) is 5.69. The van der Waals surface area contributed by atoms with Gasteiger partial charge in [0, 0.05) is 18.1 Å². The number of carboxylic acid groups (broad SMARTS) is 1. The number of carbonyl (C=O) groups excluding carboxylic acids is 1. The van der Waals surface area contributed by atoms with Crippen molar-refractivity contribution < 1.29 is 37.2 Å². The third kappa shape index (κ3) is 5.02. The van der Waals surface area contributed by atoms with Crippen LogP contribution in [0.25, 0.3) is 0 Å². The van der Waals surface area contributed by atoms with E-state index in [1.54, 1.807) is 0 Å². The van der Waals surface area contributed by atoms with E-state index < -0.39 is 58.1 Å². The number of aliphatic carboxylic acids is 1. The number of carbonyl (C=O) groups is 2. The van der Waals surface area contributed by atoms with Gasteiger partial charge < -0.3 is 10.4 Å². The van der Waals surface area contributed by atoms with Gasteiger partial charge in [-0.1, -0.05) is 12.1 Å². The van der Waals surface area contributed by atoms with Crippen LogP contribution >= 0.6 is 0 Å². The molecule has 0 heterocycles. The number of nitrogens with zero attached hydrogens (tertiary/aromatic N) is 1. The second-order valence-electron chi connectivity index (χ2n) is 5.69. The van der Waals surface area contributed by atoms with E-state index in [1.165, 1.54) is 0 Å². The van der Waals surface area contributed by atoms with Gasteiger partial charge in [-0.2, -0.15) is 17.6 Å². The highest BCUT2D eigenvalue weighted by Gasteiger charge is 2.31. The lowest BCUT2D eigenvalue weighted by molar-refractivity contribution is -0.387. The summed E-state index contributed by atoms with van der Waals surface area (Å²) in [4.78, 5) is 33.3. The molecule has 0 aliphatic rings. The number of carboxylic acids is 1. The van der Waals surface area contributed by atoms with Crippen LogP contribution in [-0.4, -0.2) is 27.9 Å². The van der Waals surface area contributed by atoms with Crippen LogP contribution < -0.4 is 5.32 Å². The Labute approximate surface area is 154 Å². The molecule has 2 rings (SSSR count). The second kappa shape index (κ2) is 8.03.